The Morgan fingerprint density at radius 1 is 1.06 bits per heavy atom. The number of hydrogen-bond donors (Lipinski definition) is 1. The van der Waals surface area contributed by atoms with Gasteiger partial charge in [0.25, 0.3) is 10.0 Å². The van der Waals surface area contributed by atoms with Crippen LogP contribution in [0, 0.1) is 17.1 Å². The molecule has 9 heteroatoms. The number of sulfonamides is 1. The summed E-state index contributed by atoms with van der Waals surface area (Å²) in [6.45, 7) is -0.0276. The number of ether oxygens (including phenoxy) is 1. The quantitative estimate of drug-likeness (QED) is 0.500. The minimum Gasteiger partial charge on any atom is -0.439 e. The SMILES string of the molecule is N#CC1=C(N)OC2=C(C1c1ccccc1Br)S(=O)(=O)N(Cc1ccc(F)cc1)c1ccccc12. The summed E-state index contributed by atoms with van der Waals surface area (Å²) in [6, 6.07) is 21.7. The topological polar surface area (TPSA) is 96.4 Å². The lowest BCUT2D eigenvalue weighted by Crippen LogP contribution is -2.39. The van der Waals surface area contributed by atoms with Crippen LogP contribution in [0.5, 0.6) is 0 Å². The zero-order valence-electron chi connectivity index (χ0n) is 17.6. The standard InChI is InChI=1S/C25H17BrFN3O3S/c26-20-7-3-1-5-17(20)22-19(13-28)25(29)33-23-18-6-2-4-8-21(18)30(34(31,32)24(22)23)14-15-9-11-16(27)12-10-15/h1-12,22H,14,29H2. The molecule has 2 N–H and O–H groups in total. The number of anilines is 1. The van der Waals surface area contributed by atoms with Crippen LogP contribution in [-0.4, -0.2) is 8.42 Å². The van der Waals surface area contributed by atoms with Gasteiger partial charge in [-0.05, 0) is 41.5 Å². The molecule has 0 aliphatic carbocycles. The summed E-state index contributed by atoms with van der Waals surface area (Å²) in [5, 5.41) is 9.92. The molecule has 0 bridgehead atoms. The number of nitriles is 1. The lowest BCUT2D eigenvalue weighted by atomic mass is 9.88. The highest BCUT2D eigenvalue weighted by Crippen LogP contribution is 2.52. The van der Waals surface area contributed by atoms with Crippen molar-refractivity contribution in [2.45, 2.75) is 12.5 Å². The maximum absolute atomic E-state index is 14.2. The van der Waals surface area contributed by atoms with Crippen LogP contribution in [0.2, 0.25) is 0 Å². The van der Waals surface area contributed by atoms with E-state index in [1.165, 1.54) is 16.4 Å². The number of hydrogen-bond acceptors (Lipinski definition) is 5. The minimum absolute atomic E-state index is 0.00957. The van der Waals surface area contributed by atoms with E-state index in [1.54, 1.807) is 60.7 Å². The molecule has 34 heavy (non-hydrogen) atoms. The van der Waals surface area contributed by atoms with Gasteiger partial charge in [0, 0.05) is 10.0 Å². The van der Waals surface area contributed by atoms with Gasteiger partial charge in [-0.3, -0.25) is 4.31 Å². The number of allylic oxidation sites excluding steroid dienone is 2. The van der Waals surface area contributed by atoms with Gasteiger partial charge in [-0.1, -0.05) is 58.4 Å². The first-order chi connectivity index (χ1) is 16.3. The molecule has 0 aromatic heterocycles. The molecule has 6 nitrogen and oxygen atoms in total. The molecule has 2 heterocycles. The number of halogens is 2. The summed E-state index contributed by atoms with van der Waals surface area (Å²) >= 11 is 3.49. The number of nitrogens with zero attached hydrogens (tertiary/aromatic N) is 2. The van der Waals surface area contributed by atoms with Crippen molar-refractivity contribution < 1.29 is 17.5 Å². The number of fused-ring (bicyclic) bond motifs is 2. The molecule has 2 aliphatic rings. The van der Waals surface area contributed by atoms with Gasteiger partial charge in [0.05, 0.1) is 18.2 Å². The first-order valence-corrected chi connectivity index (χ1v) is 12.5. The summed E-state index contributed by atoms with van der Waals surface area (Å²) in [6.07, 6.45) is 0. The molecule has 0 fully saturated rings. The second kappa shape index (κ2) is 8.31. The molecule has 0 saturated carbocycles. The predicted octanol–water partition coefficient (Wildman–Crippen LogP) is 5.11. The van der Waals surface area contributed by atoms with E-state index in [0.29, 0.717) is 26.9 Å². The summed E-state index contributed by atoms with van der Waals surface area (Å²) in [7, 11) is -4.19. The average molecular weight is 538 g/mol. The van der Waals surface area contributed by atoms with Crippen LogP contribution in [0.1, 0.15) is 22.6 Å². The van der Waals surface area contributed by atoms with Gasteiger partial charge in [0.15, 0.2) is 5.76 Å². The zero-order valence-corrected chi connectivity index (χ0v) is 20.0. The van der Waals surface area contributed by atoms with Crippen molar-refractivity contribution in [3.05, 3.63) is 116 Å². The largest absolute Gasteiger partial charge is 0.439 e. The zero-order chi connectivity index (χ0) is 24.0. The van der Waals surface area contributed by atoms with Gasteiger partial charge < -0.3 is 10.5 Å². The molecule has 1 atom stereocenters. The van der Waals surface area contributed by atoms with Crippen molar-refractivity contribution >= 4 is 37.4 Å². The lowest BCUT2D eigenvalue weighted by Gasteiger charge is -2.38. The highest BCUT2D eigenvalue weighted by molar-refractivity contribution is 9.10. The molecule has 5 rings (SSSR count). The van der Waals surface area contributed by atoms with Gasteiger partial charge in [-0.25, -0.2) is 12.8 Å². The van der Waals surface area contributed by atoms with Crippen molar-refractivity contribution in [2.24, 2.45) is 5.73 Å². The van der Waals surface area contributed by atoms with Gasteiger partial charge in [0.1, 0.15) is 22.4 Å². The van der Waals surface area contributed by atoms with Crippen LogP contribution in [-0.2, 0) is 21.3 Å². The summed E-state index contributed by atoms with van der Waals surface area (Å²) in [4.78, 5) is -0.0639. The van der Waals surface area contributed by atoms with Gasteiger partial charge >= 0.3 is 0 Å². The number of nitrogens with two attached hydrogens (primary N) is 1. The molecule has 0 saturated heterocycles. The first kappa shape index (κ1) is 22.2. The van der Waals surface area contributed by atoms with Gasteiger partial charge in [0.2, 0.25) is 5.88 Å². The number of benzene rings is 3. The summed E-state index contributed by atoms with van der Waals surface area (Å²) < 4.78 is 49.5. The van der Waals surface area contributed by atoms with Gasteiger partial charge in [-0.2, -0.15) is 5.26 Å². The fourth-order valence-corrected chi connectivity index (χ4v) is 6.67. The molecular weight excluding hydrogens is 521 g/mol. The second-order valence-corrected chi connectivity index (χ2v) is 10.5. The molecule has 0 radical (unpaired) electrons. The van der Waals surface area contributed by atoms with Crippen LogP contribution in [0.3, 0.4) is 0 Å². The van der Waals surface area contributed by atoms with Crippen molar-refractivity contribution in [3.8, 4) is 6.07 Å². The van der Waals surface area contributed by atoms with Crippen LogP contribution in [0.4, 0.5) is 10.1 Å². The maximum Gasteiger partial charge on any atom is 0.265 e. The van der Waals surface area contributed by atoms with E-state index < -0.39 is 21.8 Å². The van der Waals surface area contributed by atoms with Crippen LogP contribution >= 0.6 is 15.9 Å². The average Bonchev–Trinajstić information content (AvgIpc) is 2.82. The van der Waals surface area contributed by atoms with Crippen molar-refractivity contribution in [1.29, 1.82) is 5.26 Å². The van der Waals surface area contributed by atoms with E-state index in [4.69, 9.17) is 10.5 Å². The Bertz CT molecular complexity index is 1530. The first-order valence-electron chi connectivity index (χ1n) is 10.3. The Balaban J connectivity index is 1.77. The normalized spacial score (nSPS) is 18.6. The highest BCUT2D eigenvalue weighted by atomic mass is 79.9. The van der Waals surface area contributed by atoms with Crippen molar-refractivity contribution in [3.63, 3.8) is 0 Å². The van der Waals surface area contributed by atoms with Gasteiger partial charge in [-0.15, -0.1) is 0 Å². The molecule has 2 aliphatic heterocycles. The fraction of sp³-hybridized carbons (Fsp3) is 0.0800. The molecule has 0 spiro atoms. The van der Waals surface area contributed by atoms with Crippen molar-refractivity contribution in [2.75, 3.05) is 4.31 Å². The number of para-hydroxylation sites is 1. The van der Waals surface area contributed by atoms with Crippen LogP contribution < -0.4 is 10.0 Å². The van der Waals surface area contributed by atoms with E-state index in [2.05, 4.69) is 15.9 Å². The van der Waals surface area contributed by atoms with E-state index in [0.717, 1.165) is 0 Å². The molecule has 1 unspecified atom stereocenters. The summed E-state index contributed by atoms with van der Waals surface area (Å²) in [5.41, 5.74) is 8.26. The third kappa shape index (κ3) is 3.47. The molecule has 170 valence electrons. The molecular formula is C25H17BrFN3O3S. The summed E-state index contributed by atoms with van der Waals surface area (Å²) in [5.74, 6) is -1.43. The lowest BCUT2D eigenvalue weighted by molar-refractivity contribution is 0.357. The van der Waals surface area contributed by atoms with Crippen LogP contribution in [0.25, 0.3) is 5.76 Å². The third-order valence-electron chi connectivity index (χ3n) is 5.81. The molecule has 0 amide bonds. The fourth-order valence-electron chi connectivity index (χ4n) is 4.26. The Hall–Kier alpha value is -3.61. The Morgan fingerprint density at radius 2 is 1.74 bits per heavy atom. The van der Waals surface area contributed by atoms with E-state index in [9.17, 15) is 18.1 Å². The number of rotatable bonds is 3. The highest BCUT2D eigenvalue weighted by Gasteiger charge is 2.47. The Kier molecular flexibility index (Phi) is 5.42. The molecule has 3 aromatic carbocycles. The Morgan fingerprint density at radius 3 is 2.44 bits per heavy atom. The van der Waals surface area contributed by atoms with E-state index in [1.807, 2.05) is 6.07 Å². The Labute approximate surface area is 204 Å². The predicted molar refractivity (Wildman–Crippen MR) is 130 cm³/mol. The smallest absolute Gasteiger partial charge is 0.265 e. The van der Waals surface area contributed by atoms with Crippen molar-refractivity contribution in [1.82, 2.24) is 0 Å². The second-order valence-electron chi connectivity index (χ2n) is 7.79. The van der Waals surface area contributed by atoms with Crippen LogP contribution in [0.15, 0.2) is 93.6 Å². The van der Waals surface area contributed by atoms with E-state index >= 15 is 0 Å². The monoisotopic (exact) mass is 537 g/mol. The maximum atomic E-state index is 14.2. The third-order valence-corrected chi connectivity index (χ3v) is 8.42. The minimum atomic E-state index is -4.19. The van der Waals surface area contributed by atoms with E-state index in [-0.39, 0.29) is 28.7 Å². The molecule has 3 aromatic rings.